The lowest BCUT2D eigenvalue weighted by atomic mass is 9.73. The molecule has 0 saturated heterocycles. The standard InChI is InChI=1S/C21H21ClN2/c1-11-6-13(3)18-14(7-11)10-21(4,5)20-19(18)23-16-8-12(2)15(22)9-17(16)24-20/h6-9H,10H2,1-5H3. The molecule has 24 heavy (non-hydrogen) atoms. The van der Waals surface area contributed by atoms with Crippen molar-refractivity contribution in [2.75, 3.05) is 0 Å². The number of aryl methyl sites for hydroxylation is 3. The van der Waals surface area contributed by atoms with Gasteiger partial charge in [-0.15, -0.1) is 0 Å². The molecule has 1 aliphatic carbocycles. The van der Waals surface area contributed by atoms with Crippen LogP contribution < -0.4 is 0 Å². The van der Waals surface area contributed by atoms with Gasteiger partial charge < -0.3 is 0 Å². The van der Waals surface area contributed by atoms with E-state index in [0.29, 0.717) is 0 Å². The van der Waals surface area contributed by atoms with Crippen LogP contribution in [-0.4, -0.2) is 9.97 Å². The maximum Gasteiger partial charge on any atom is 0.0936 e. The first-order valence-electron chi connectivity index (χ1n) is 8.35. The van der Waals surface area contributed by atoms with Crippen LogP contribution in [0.1, 0.15) is 41.8 Å². The summed E-state index contributed by atoms with van der Waals surface area (Å²) in [5, 5.41) is 0.748. The molecule has 2 aromatic carbocycles. The normalized spacial score (nSPS) is 15.2. The van der Waals surface area contributed by atoms with Gasteiger partial charge >= 0.3 is 0 Å². The Kier molecular flexibility index (Phi) is 3.27. The summed E-state index contributed by atoms with van der Waals surface area (Å²) in [7, 11) is 0. The Morgan fingerprint density at radius 1 is 0.917 bits per heavy atom. The number of aromatic nitrogens is 2. The molecule has 0 unspecified atom stereocenters. The predicted octanol–water partition coefficient (Wildman–Crippen LogP) is 5.71. The number of fused-ring (bicyclic) bond motifs is 4. The average Bonchev–Trinajstić information content (AvgIpc) is 2.46. The molecule has 3 heteroatoms. The third kappa shape index (κ3) is 2.24. The van der Waals surface area contributed by atoms with Crippen molar-refractivity contribution < 1.29 is 0 Å². The minimum Gasteiger partial charge on any atom is -0.248 e. The molecule has 1 aromatic heterocycles. The second-order valence-corrected chi connectivity index (χ2v) is 8.09. The molecule has 1 aliphatic rings. The fraction of sp³-hybridized carbons (Fsp3) is 0.333. The highest BCUT2D eigenvalue weighted by atomic mass is 35.5. The van der Waals surface area contributed by atoms with Crippen molar-refractivity contribution in [1.29, 1.82) is 0 Å². The van der Waals surface area contributed by atoms with Crippen molar-refractivity contribution in [3.8, 4) is 11.3 Å². The molecular weight excluding hydrogens is 316 g/mol. The largest absolute Gasteiger partial charge is 0.248 e. The maximum absolute atomic E-state index is 6.30. The minimum absolute atomic E-state index is 0.0406. The highest BCUT2D eigenvalue weighted by Crippen LogP contribution is 2.43. The molecule has 0 fully saturated rings. The average molecular weight is 337 g/mol. The van der Waals surface area contributed by atoms with Gasteiger partial charge in [-0.2, -0.15) is 0 Å². The number of rotatable bonds is 0. The zero-order valence-corrected chi connectivity index (χ0v) is 15.5. The quantitative estimate of drug-likeness (QED) is 0.525. The molecule has 2 nitrogen and oxygen atoms in total. The van der Waals surface area contributed by atoms with Gasteiger partial charge in [0.2, 0.25) is 0 Å². The van der Waals surface area contributed by atoms with Crippen LogP contribution in [0.2, 0.25) is 5.02 Å². The van der Waals surface area contributed by atoms with Gasteiger partial charge in [-0.05, 0) is 56.0 Å². The summed E-state index contributed by atoms with van der Waals surface area (Å²) >= 11 is 6.30. The third-order valence-corrected chi connectivity index (χ3v) is 5.42. The van der Waals surface area contributed by atoms with Crippen molar-refractivity contribution in [2.24, 2.45) is 0 Å². The van der Waals surface area contributed by atoms with Crippen molar-refractivity contribution in [3.05, 3.63) is 57.2 Å². The first-order chi connectivity index (χ1) is 11.3. The van der Waals surface area contributed by atoms with Crippen LogP contribution in [0, 0.1) is 20.8 Å². The van der Waals surface area contributed by atoms with Gasteiger partial charge in [-0.3, -0.25) is 0 Å². The minimum atomic E-state index is -0.0406. The molecule has 3 aromatic rings. The van der Waals surface area contributed by atoms with Crippen molar-refractivity contribution in [1.82, 2.24) is 9.97 Å². The van der Waals surface area contributed by atoms with Crippen LogP contribution in [0.5, 0.6) is 0 Å². The molecule has 0 N–H and O–H groups in total. The van der Waals surface area contributed by atoms with Crippen LogP contribution in [0.3, 0.4) is 0 Å². The van der Waals surface area contributed by atoms with Gasteiger partial charge in [0.1, 0.15) is 0 Å². The van der Waals surface area contributed by atoms with E-state index in [1.54, 1.807) is 0 Å². The SMILES string of the molecule is Cc1cc(C)c2c(c1)CC(C)(C)c1nc3cc(Cl)c(C)cc3nc1-2. The molecule has 4 rings (SSSR count). The number of benzene rings is 2. The summed E-state index contributed by atoms with van der Waals surface area (Å²) in [6.07, 6.45) is 0.984. The molecule has 0 bridgehead atoms. The second-order valence-electron chi connectivity index (χ2n) is 7.69. The molecule has 0 atom stereocenters. The van der Waals surface area contributed by atoms with Gasteiger partial charge in [-0.25, -0.2) is 9.97 Å². The lowest BCUT2D eigenvalue weighted by molar-refractivity contribution is 0.499. The van der Waals surface area contributed by atoms with Crippen LogP contribution in [0.4, 0.5) is 0 Å². The Bertz CT molecular complexity index is 1000. The van der Waals surface area contributed by atoms with E-state index < -0.39 is 0 Å². The van der Waals surface area contributed by atoms with E-state index in [1.165, 1.54) is 22.3 Å². The van der Waals surface area contributed by atoms with E-state index in [9.17, 15) is 0 Å². The topological polar surface area (TPSA) is 25.8 Å². The highest BCUT2D eigenvalue weighted by Gasteiger charge is 2.34. The Balaban J connectivity index is 2.11. The molecule has 0 spiro atoms. The molecule has 0 saturated carbocycles. The third-order valence-electron chi connectivity index (χ3n) is 5.02. The van der Waals surface area contributed by atoms with Gasteiger partial charge in [-0.1, -0.05) is 43.1 Å². The monoisotopic (exact) mass is 336 g/mol. The summed E-state index contributed by atoms with van der Waals surface area (Å²) < 4.78 is 0. The molecule has 0 aliphatic heterocycles. The maximum atomic E-state index is 6.30. The van der Waals surface area contributed by atoms with E-state index in [1.807, 2.05) is 19.1 Å². The van der Waals surface area contributed by atoms with Crippen molar-refractivity contribution in [3.63, 3.8) is 0 Å². The van der Waals surface area contributed by atoms with Gasteiger partial charge in [0.25, 0.3) is 0 Å². The van der Waals surface area contributed by atoms with Gasteiger partial charge in [0, 0.05) is 16.0 Å². The van der Waals surface area contributed by atoms with E-state index in [4.69, 9.17) is 21.6 Å². The Labute approximate surface area is 147 Å². The fourth-order valence-corrected chi connectivity index (χ4v) is 4.08. The lowest BCUT2D eigenvalue weighted by Crippen LogP contribution is -2.28. The van der Waals surface area contributed by atoms with E-state index in [-0.39, 0.29) is 5.41 Å². The number of hydrogen-bond donors (Lipinski definition) is 0. The summed E-state index contributed by atoms with van der Waals surface area (Å²) in [5.74, 6) is 0. The predicted molar refractivity (Wildman–Crippen MR) is 101 cm³/mol. The summed E-state index contributed by atoms with van der Waals surface area (Å²) in [4.78, 5) is 10.0. The summed E-state index contributed by atoms with van der Waals surface area (Å²) in [6, 6.07) is 8.51. The molecule has 1 heterocycles. The van der Waals surface area contributed by atoms with Crippen LogP contribution >= 0.6 is 11.6 Å². The van der Waals surface area contributed by atoms with Gasteiger partial charge in [0.15, 0.2) is 0 Å². The lowest BCUT2D eigenvalue weighted by Gasteiger charge is -2.33. The fourth-order valence-electron chi connectivity index (χ4n) is 3.92. The van der Waals surface area contributed by atoms with Crippen LogP contribution in [-0.2, 0) is 11.8 Å². The first-order valence-corrected chi connectivity index (χ1v) is 8.73. The van der Waals surface area contributed by atoms with E-state index in [0.717, 1.165) is 39.4 Å². The summed E-state index contributed by atoms with van der Waals surface area (Å²) in [5.41, 5.74) is 10.1. The Morgan fingerprint density at radius 2 is 1.62 bits per heavy atom. The highest BCUT2D eigenvalue weighted by molar-refractivity contribution is 6.32. The van der Waals surface area contributed by atoms with Crippen molar-refractivity contribution in [2.45, 2.75) is 46.5 Å². The zero-order chi connectivity index (χ0) is 17.2. The van der Waals surface area contributed by atoms with Crippen LogP contribution in [0.25, 0.3) is 22.3 Å². The molecule has 0 radical (unpaired) electrons. The zero-order valence-electron chi connectivity index (χ0n) is 14.8. The number of nitrogens with zero attached hydrogens (tertiary/aromatic N) is 2. The Morgan fingerprint density at radius 3 is 2.38 bits per heavy atom. The number of hydrogen-bond acceptors (Lipinski definition) is 2. The first kappa shape index (κ1) is 15.6. The van der Waals surface area contributed by atoms with Gasteiger partial charge in [0.05, 0.1) is 22.4 Å². The van der Waals surface area contributed by atoms with Crippen LogP contribution in [0.15, 0.2) is 24.3 Å². The molecule has 122 valence electrons. The molecule has 0 amide bonds. The summed E-state index contributed by atoms with van der Waals surface area (Å²) in [6.45, 7) is 10.8. The second kappa shape index (κ2) is 5.03. The van der Waals surface area contributed by atoms with Crippen molar-refractivity contribution >= 4 is 22.6 Å². The molecular formula is C21H21ClN2. The Hall–Kier alpha value is -1.93. The van der Waals surface area contributed by atoms with E-state index in [2.05, 4.69) is 39.8 Å². The van der Waals surface area contributed by atoms with E-state index >= 15 is 0 Å². The number of halogens is 1. The smallest absolute Gasteiger partial charge is 0.0936 e.